The van der Waals surface area contributed by atoms with E-state index in [-0.39, 0.29) is 11.4 Å². The van der Waals surface area contributed by atoms with Gasteiger partial charge in [-0.3, -0.25) is 0 Å². The van der Waals surface area contributed by atoms with Gasteiger partial charge in [0.25, 0.3) is 0 Å². The van der Waals surface area contributed by atoms with Crippen LogP contribution in [-0.2, 0) is 0 Å². The highest BCUT2D eigenvalue weighted by Crippen LogP contribution is 2.35. The summed E-state index contributed by atoms with van der Waals surface area (Å²) in [5.41, 5.74) is 1.34. The van der Waals surface area contributed by atoms with Crippen molar-refractivity contribution >= 4 is 28.3 Å². The summed E-state index contributed by atoms with van der Waals surface area (Å²) in [5, 5.41) is 3.69. The van der Waals surface area contributed by atoms with Crippen LogP contribution in [0.25, 0.3) is 0 Å². The standard InChI is InChI=1S/C14H18FIN2/c15-11-4-3-5-12(13(11)16)18-9-8-17-14(10-18)6-1-2-7-14/h3-5,17H,1-2,6-10H2. The maximum atomic E-state index is 13.7. The molecule has 1 aromatic rings. The molecule has 2 aliphatic rings. The Morgan fingerprint density at radius 1 is 1.28 bits per heavy atom. The number of benzene rings is 1. The number of hydrogen-bond donors (Lipinski definition) is 1. The molecule has 1 saturated heterocycles. The molecule has 1 N–H and O–H groups in total. The van der Waals surface area contributed by atoms with E-state index in [1.54, 1.807) is 6.07 Å². The Labute approximate surface area is 121 Å². The van der Waals surface area contributed by atoms with Gasteiger partial charge in [0.1, 0.15) is 5.82 Å². The third-order valence-electron chi connectivity index (χ3n) is 4.21. The average Bonchev–Trinajstić information content (AvgIpc) is 2.81. The minimum absolute atomic E-state index is 0.105. The van der Waals surface area contributed by atoms with Crippen molar-refractivity contribution in [2.75, 3.05) is 24.5 Å². The molecule has 0 bridgehead atoms. The largest absolute Gasteiger partial charge is 0.367 e. The van der Waals surface area contributed by atoms with Crippen LogP contribution in [0.1, 0.15) is 25.7 Å². The van der Waals surface area contributed by atoms with Crippen LogP contribution in [0.15, 0.2) is 18.2 Å². The summed E-state index contributed by atoms with van der Waals surface area (Å²) in [6.45, 7) is 3.00. The average molecular weight is 360 g/mol. The van der Waals surface area contributed by atoms with Crippen molar-refractivity contribution < 1.29 is 4.39 Å². The van der Waals surface area contributed by atoms with Crippen molar-refractivity contribution in [1.82, 2.24) is 5.32 Å². The molecule has 0 amide bonds. The van der Waals surface area contributed by atoms with E-state index in [9.17, 15) is 4.39 Å². The number of piperazine rings is 1. The van der Waals surface area contributed by atoms with Crippen LogP contribution in [0.3, 0.4) is 0 Å². The van der Waals surface area contributed by atoms with Crippen LogP contribution in [0.5, 0.6) is 0 Å². The van der Waals surface area contributed by atoms with Gasteiger partial charge in [0.2, 0.25) is 0 Å². The monoisotopic (exact) mass is 360 g/mol. The minimum atomic E-state index is -0.105. The Kier molecular flexibility index (Phi) is 3.49. The summed E-state index contributed by atoms with van der Waals surface area (Å²) in [6.07, 6.45) is 5.16. The SMILES string of the molecule is Fc1cccc(N2CCNC3(CCCC3)C2)c1I. The molecular formula is C14H18FIN2. The van der Waals surface area contributed by atoms with Gasteiger partial charge in [-0.2, -0.15) is 0 Å². The van der Waals surface area contributed by atoms with Gasteiger partial charge < -0.3 is 10.2 Å². The van der Waals surface area contributed by atoms with E-state index >= 15 is 0 Å². The first-order valence-electron chi connectivity index (χ1n) is 6.64. The molecule has 1 saturated carbocycles. The fourth-order valence-corrected chi connectivity index (χ4v) is 3.99. The van der Waals surface area contributed by atoms with Crippen molar-refractivity contribution in [3.63, 3.8) is 0 Å². The number of anilines is 1. The van der Waals surface area contributed by atoms with Crippen LogP contribution in [0.2, 0.25) is 0 Å². The Hall–Kier alpha value is -0.360. The molecule has 0 unspecified atom stereocenters. The van der Waals surface area contributed by atoms with E-state index in [4.69, 9.17) is 0 Å². The summed E-state index contributed by atoms with van der Waals surface area (Å²) in [4.78, 5) is 2.35. The molecule has 1 aliphatic carbocycles. The second kappa shape index (κ2) is 4.96. The smallest absolute Gasteiger partial charge is 0.138 e. The van der Waals surface area contributed by atoms with E-state index in [0.717, 1.165) is 28.9 Å². The molecule has 0 atom stereocenters. The topological polar surface area (TPSA) is 15.3 Å². The first-order valence-corrected chi connectivity index (χ1v) is 7.72. The van der Waals surface area contributed by atoms with Crippen LogP contribution >= 0.6 is 22.6 Å². The van der Waals surface area contributed by atoms with E-state index in [0.29, 0.717) is 0 Å². The predicted molar refractivity (Wildman–Crippen MR) is 80.5 cm³/mol. The fraction of sp³-hybridized carbons (Fsp3) is 0.571. The zero-order valence-electron chi connectivity index (χ0n) is 10.4. The van der Waals surface area contributed by atoms with Gasteiger partial charge in [0.15, 0.2) is 0 Å². The maximum absolute atomic E-state index is 13.7. The van der Waals surface area contributed by atoms with Crippen molar-refractivity contribution in [2.45, 2.75) is 31.2 Å². The molecule has 0 aromatic heterocycles. The third-order valence-corrected chi connectivity index (χ3v) is 5.28. The highest BCUT2D eigenvalue weighted by Gasteiger charge is 2.38. The van der Waals surface area contributed by atoms with Gasteiger partial charge >= 0.3 is 0 Å². The minimum Gasteiger partial charge on any atom is -0.367 e. The van der Waals surface area contributed by atoms with Gasteiger partial charge in [-0.15, -0.1) is 0 Å². The second-order valence-corrected chi connectivity index (χ2v) is 6.49. The summed E-state index contributed by atoms with van der Waals surface area (Å²) in [5.74, 6) is -0.105. The molecule has 1 heterocycles. The Morgan fingerprint density at radius 2 is 2.06 bits per heavy atom. The van der Waals surface area contributed by atoms with Crippen LogP contribution in [-0.4, -0.2) is 25.2 Å². The Balaban J connectivity index is 1.85. The molecule has 1 spiro atoms. The molecule has 18 heavy (non-hydrogen) atoms. The van der Waals surface area contributed by atoms with Crippen molar-refractivity contribution in [3.8, 4) is 0 Å². The van der Waals surface area contributed by atoms with E-state index in [2.05, 4.69) is 32.8 Å². The lowest BCUT2D eigenvalue weighted by atomic mass is 9.94. The van der Waals surface area contributed by atoms with Crippen LogP contribution in [0.4, 0.5) is 10.1 Å². The number of nitrogens with one attached hydrogen (secondary N) is 1. The van der Waals surface area contributed by atoms with Gasteiger partial charge in [-0.25, -0.2) is 4.39 Å². The number of nitrogens with zero attached hydrogens (tertiary/aromatic N) is 1. The van der Waals surface area contributed by atoms with Gasteiger partial charge in [0.05, 0.1) is 9.26 Å². The molecule has 2 fully saturated rings. The van der Waals surface area contributed by atoms with Crippen LogP contribution in [0, 0.1) is 9.39 Å². The van der Waals surface area contributed by atoms with Crippen molar-refractivity contribution in [1.29, 1.82) is 0 Å². The first-order chi connectivity index (χ1) is 8.70. The zero-order valence-corrected chi connectivity index (χ0v) is 12.5. The summed E-state index contributed by atoms with van der Waals surface area (Å²) in [7, 11) is 0. The number of hydrogen-bond acceptors (Lipinski definition) is 2. The Morgan fingerprint density at radius 3 is 2.83 bits per heavy atom. The molecule has 98 valence electrons. The lowest BCUT2D eigenvalue weighted by Crippen LogP contribution is -2.59. The quantitative estimate of drug-likeness (QED) is 0.775. The molecule has 3 rings (SSSR count). The number of rotatable bonds is 1. The summed E-state index contributed by atoms with van der Waals surface area (Å²) < 4.78 is 14.4. The molecule has 4 heteroatoms. The molecular weight excluding hydrogens is 342 g/mol. The molecule has 0 radical (unpaired) electrons. The summed E-state index contributed by atoms with van der Waals surface area (Å²) in [6, 6.07) is 5.40. The van der Waals surface area contributed by atoms with Gasteiger partial charge in [-0.1, -0.05) is 18.9 Å². The van der Waals surface area contributed by atoms with Crippen molar-refractivity contribution in [2.24, 2.45) is 0 Å². The normalized spacial score (nSPS) is 22.7. The maximum Gasteiger partial charge on any atom is 0.138 e. The predicted octanol–water partition coefficient (Wildman–Crippen LogP) is 3.15. The van der Waals surface area contributed by atoms with Gasteiger partial charge in [0, 0.05) is 25.2 Å². The van der Waals surface area contributed by atoms with E-state index < -0.39 is 0 Å². The molecule has 1 aliphatic heterocycles. The zero-order chi connectivity index (χ0) is 12.6. The van der Waals surface area contributed by atoms with E-state index in [1.807, 2.05) is 12.1 Å². The molecule has 1 aromatic carbocycles. The summed E-state index contributed by atoms with van der Waals surface area (Å²) >= 11 is 2.12. The fourth-order valence-electron chi connectivity index (χ4n) is 3.29. The Bertz CT molecular complexity index is 443. The van der Waals surface area contributed by atoms with Gasteiger partial charge in [-0.05, 0) is 47.6 Å². The number of halogens is 2. The van der Waals surface area contributed by atoms with Crippen LogP contribution < -0.4 is 10.2 Å². The first kappa shape index (κ1) is 12.7. The molecule has 2 nitrogen and oxygen atoms in total. The lowest BCUT2D eigenvalue weighted by molar-refractivity contribution is 0.303. The second-order valence-electron chi connectivity index (χ2n) is 5.41. The van der Waals surface area contributed by atoms with E-state index in [1.165, 1.54) is 25.7 Å². The highest BCUT2D eigenvalue weighted by molar-refractivity contribution is 14.1. The van der Waals surface area contributed by atoms with Crippen molar-refractivity contribution in [3.05, 3.63) is 27.6 Å². The third kappa shape index (κ3) is 2.25. The lowest BCUT2D eigenvalue weighted by Gasteiger charge is -2.43. The highest BCUT2D eigenvalue weighted by atomic mass is 127.